The predicted molar refractivity (Wildman–Crippen MR) is 73.2 cm³/mol. The molecule has 0 saturated heterocycles. The summed E-state index contributed by atoms with van der Waals surface area (Å²) in [4.78, 5) is 11.4. The highest BCUT2D eigenvalue weighted by Crippen LogP contribution is 2.23. The average Bonchev–Trinajstić information content (AvgIpc) is 2.78. The van der Waals surface area contributed by atoms with Crippen molar-refractivity contribution in [1.82, 2.24) is 5.16 Å². The maximum absolute atomic E-state index is 11.4. The number of halogens is 1. The topological polar surface area (TPSA) is 55.1 Å². The predicted octanol–water partition coefficient (Wildman–Crippen LogP) is 3.84. The van der Waals surface area contributed by atoms with E-state index in [4.69, 9.17) is 4.52 Å². The van der Waals surface area contributed by atoms with Crippen molar-refractivity contribution in [2.24, 2.45) is 0 Å². The number of nitrogens with zero attached hydrogens (tertiary/aromatic N) is 1. The van der Waals surface area contributed by atoms with E-state index in [-0.39, 0.29) is 5.91 Å². The first-order chi connectivity index (χ1) is 8.69. The van der Waals surface area contributed by atoms with Gasteiger partial charge in [0.1, 0.15) is 5.69 Å². The summed E-state index contributed by atoms with van der Waals surface area (Å²) in [7, 11) is 0. The number of anilines is 1. The molecule has 0 aliphatic heterocycles. The Bertz CT molecular complexity index is 534. The van der Waals surface area contributed by atoms with Gasteiger partial charge in [-0.15, -0.1) is 0 Å². The molecule has 0 atom stereocenters. The number of carbonyl (C=O) groups is 1. The third-order valence-corrected chi connectivity index (χ3v) is 2.92. The van der Waals surface area contributed by atoms with Gasteiger partial charge in [0, 0.05) is 22.5 Å². The maximum Gasteiger partial charge on any atom is 0.231 e. The van der Waals surface area contributed by atoms with Crippen LogP contribution in [0.2, 0.25) is 0 Å². The summed E-state index contributed by atoms with van der Waals surface area (Å²) in [6.45, 7) is 1.95. The van der Waals surface area contributed by atoms with Crippen LogP contribution in [-0.2, 0) is 4.79 Å². The third kappa shape index (κ3) is 3.20. The van der Waals surface area contributed by atoms with Crippen molar-refractivity contribution >= 4 is 27.7 Å². The van der Waals surface area contributed by atoms with Gasteiger partial charge in [-0.25, -0.2) is 0 Å². The zero-order valence-electron chi connectivity index (χ0n) is 9.94. The highest BCUT2D eigenvalue weighted by atomic mass is 79.9. The van der Waals surface area contributed by atoms with Crippen molar-refractivity contribution < 1.29 is 9.32 Å². The van der Waals surface area contributed by atoms with E-state index in [1.807, 2.05) is 31.2 Å². The summed E-state index contributed by atoms with van der Waals surface area (Å²) in [5.74, 6) is 0.322. The van der Waals surface area contributed by atoms with Crippen molar-refractivity contribution in [2.75, 3.05) is 5.32 Å². The Balaban J connectivity index is 2.10. The molecular weight excluding hydrogens is 296 g/mol. The average molecular weight is 309 g/mol. The molecule has 1 amide bonds. The van der Waals surface area contributed by atoms with E-state index in [1.165, 1.54) is 0 Å². The van der Waals surface area contributed by atoms with Gasteiger partial charge < -0.3 is 4.52 Å². The number of benzene rings is 1. The summed E-state index contributed by atoms with van der Waals surface area (Å²) in [5, 5.41) is 6.59. The molecule has 1 N–H and O–H groups in total. The van der Waals surface area contributed by atoms with Gasteiger partial charge in [-0.05, 0) is 18.6 Å². The molecule has 0 fully saturated rings. The van der Waals surface area contributed by atoms with Crippen LogP contribution in [0.1, 0.15) is 19.8 Å². The fourth-order valence-electron chi connectivity index (χ4n) is 1.52. The highest BCUT2D eigenvalue weighted by Gasteiger charge is 2.08. The summed E-state index contributed by atoms with van der Waals surface area (Å²) in [6, 6.07) is 9.44. The molecule has 0 unspecified atom stereocenters. The van der Waals surface area contributed by atoms with Crippen LogP contribution in [0.15, 0.2) is 39.3 Å². The second kappa shape index (κ2) is 5.82. The van der Waals surface area contributed by atoms with Crippen LogP contribution in [0.25, 0.3) is 11.3 Å². The Kier molecular flexibility index (Phi) is 4.15. The Morgan fingerprint density at radius 2 is 2.11 bits per heavy atom. The van der Waals surface area contributed by atoms with Crippen molar-refractivity contribution in [2.45, 2.75) is 19.8 Å². The minimum Gasteiger partial charge on any atom is -0.338 e. The van der Waals surface area contributed by atoms with Crippen LogP contribution < -0.4 is 5.32 Å². The summed E-state index contributed by atoms with van der Waals surface area (Å²) in [6.07, 6.45) is 1.29. The summed E-state index contributed by atoms with van der Waals surface area (Å²) in [5.41, 5.74) is 1.65. The first kappa shape index (κ1) is 12.8. The lowest BCUT2D eigenvalue weighted by molar-refractivity contribution is -0.116. The number of nitrogens with one attached hydrogen (secondary N) is 1. The van der Waals surface area contributed by atoms with E-state index in [0.29, 0.717) is 18.0 Å². The van der Waals surface area contributed by atoms with Gasteiger partial charge in [0.05, 0.1) is 0 Å². The molecule has 1 aromatic heterocycles. The molecule has 2 aromatic rings. The molecule has 18 heavy (non-hydrogen) atoms. The largest absolute Gasteiger partial charge is 0.338 e. The van der Waals surface area contributed by atoms with E-state index in [9.17, 15) is 4.79 Å². The van der Waals surface area contributed by atoms with Crippen molar-refractivity contribution in [3.8, 4) is 11.3 Å². The highest BCUT2D eigenvalue weighted by molar-refractivity contribution is 9.10. The molecule has 2 rings (SSSR count). The molecule has 0 aliphatic carbocycles. The first-order valence-corrected chi connectivity index (χ1v) is 6.51. The van der Waals surface area contributed by atoms with Gasteiger partial charge in [-0.1, -0.05) is 40.1 Å². The number of carbonyl (C=O) groups excluding carboxylic acids is 1. The number of hydrogen-bond donors (Lipinski definition) is 1. The monoisotopic (exact) mass is 308 g/mol. The lowest BCUT2D eigenvalue weighted by Crippen LogP contribution is -2.09. The number of rotatable bonds is 4. The fraction of sp³-hybridized carbons (Fsp3) is 0.231. The molecule has 1 heterocycles. The van der Waals surface area contributed by atoms with E-state index >= 15 is 0 Å². The zero-order valence-corrected chi connectivity index (χ0v) is 11.5. The molecular formula is C13H13BrN2O2. The Hall–Kier alpha value is -1.62. The standard InChI is InChI=1S/C13H13BrN2O2/c1-2-3-12(17)15-13-8-11(16-18-13)9-4-6-10(14)7-5-9/h4-8H,2-3H2,1H3,(H,15,17). The van der Waals surface area contributed by atoms with Crippen LogP contribution >= 0.6 is 15.9 Å². The van der Waals surface area contributed by atoms with Crippen molar-refractivity contribution in [3.05, 3.63) is 34.8 Å². The Morgan fingerprint density at radius 1 is 1.39 bits per heavy atom. The van der Waals surface area contributed by atoms with Gasteiger partial charge in [0.15, 0.2) is 0 Å². The molecule has 1 aromatic carbocycles. The molecule has 94 valence electrons. The molecule has 0 spiro atoms. The van der Waals surface area contributed by atoms with Gasteiger partial charge in [0.2, 0.25) is 11.8 Å². The van der Waals surface area contributed by atoms with Gasteiger partial charge in [-0.3, -0.25) is 10.1 Å². The Labute approximate surface area is 113 Å². The molecule has 5 heteroatoms. The van der Waals surface area contributed by atoms with E-state index in [1.54, 1.807) is 6.07 Å². The van der Waals surface area contributed by atoms with Crippen LogP contribution in [-0.4, -0.2) is 11.1 Å². The fourth-order valence-corrected chi connectivity index (χ4v) is 1.78. The minimum absolute atomic E-state index is 0.0593. The normalized spacial score (nSPS) is 10.3. The van der Waals surface area contributed by atoms with E-state index in [2.05, 4.69) is 26.4 Å². The SMILES string of the molecule is CCCC(=O)Nc1cc(-c2ccc(Br)cc2)no1. The molecule has 0 aliphatic rings. The van der Waals surface area contributed by atoms with Gasteiger partial charge >= 0.3 is 0 Å². The second-order valence-electron chi connectivity index (χ2n) is 3.88. The minimum atomic E-state index is -0.0593. The van der Waals surface area contributed by atoms with Crippen LogP contribution in [0, 0.1) is 0 Å². The Morgan fingerprint density at radius 3 is 2.78 bits per heavy atom. The molecule has 4 nitrogen and oxygen atoms in total. The molecule has 0 bridgehead atoms. The van der Waals surface area contributed by atoms with E-state index < -0.39 is 0 Å². The number of hydrogen-bond acceptors (Lipinski definition) is 3. The lowest BCUT2D eigenvalue weighted by Gasteiger charge is -1.97. The van der Waals surface area contributed by atoms with Crippen LogP contribution in [0.4, 0.5) is 5.88 Å². The quantitative estimate of drug-likeness (QED) is 0.933. The van der Waals surface area contributed by atoms with E-state index in [0.717, 1.165) is 16.5 Å². The lowest BCUT2D eigenvalue weighted by atomic mass is 10.1. The number of amides is 1. The second-order valence-corrected chi connectivity index (χ2v) is 4.80. The van der Waals surface area contributed by atoms with Gasteiger partial charge in [-0.2, -0.15) is 0 Å². The zero-order chi connectivity index (χ0) is 13.0. The van der Waals surface area contributed by atoms with Crippen molar-refractivity contribution in [3.63, 3.8) is 0 Å². The number of aromatic nitrogens is 1. The molecule has 0 saturated carbocycles. The maximum atomic E-state index is 11.4. The van der Waals surface area contributed by atoms with Crippen LogP contribution in [0.5, 0.6) is 0 Å². The van der Waals surface area contributed by atoms with Gasteiger partial charge in [0.25, 0.3) is 0 Å². The van der Waals surface area contributed by atoms with Crippen molar-refractivity contribution in [1.29, 1.82) is 0 Å². The molecule has 0 radical (unpaired) electrons. The van der Waals surface area contributed by atoms with Crippen LogP contribution in [0.3, 0.4) is 0 Å². The smallest absolute Gasteiger partial charge is 0.231 e. The summed E-state index contributed by atoms with van der Waals surface area (Å²) >= 11 is 3.37. The summed E-state index contributed by atoms with van der Waals surface area (Å²) < 4.78 is 6.08. The third-order valence-electron chi connectivity index (χ3n) is 2.39. The first-order valence-electron chi connectivity index (χ1n) is 5.71.